The topological polar surface area (TPSA) is 27.7 Å². The molecule has 0 spiro atoms. The van der Waals surface area contributed by atoms with Crippen molar-refractivity contribution >= 4 is 17.0 Å². The standard InChI is InChI=1S/C5H14O3SSi.CH3.Hg/c1-6-10(7-2,8-3)5-4-9;;/h9H,4-5H2,1-3H3;1H3;/q;;+1/p-1. The summed E-state index contributed by atoms with van der Waals surface area (Å²) in [5.41, 5.74) is 0. The minimum atomic E-state index is -2.24. The molecule has 0 saturated carbocycles. The van der Waals surface area contributed by atoms with Crippen LogP contribution in [-0.2, 0) is 36.3 Å². The second kappa shape index (κ2) is 7.76. The molecular weight excluding hydrogens is 381 g/mol. The molecule has 0 aliphatic rings. The molecule has 0 aromatic rings. The molecule has 0 bridgehead atoms. The molecule has 0 unspecified atom stereocenters. The number of hydrogen-bond donors (Lipinski definition) is 0. The summed E-state index contributed by atoms with van der Waals surface area (Å²) in [5.74, 6) is 1.14. The van der Waals surface area contributed by atoms with Gasteiger partial charge in [0.1, 0.15) is 0 Å². The van der Waals surface area contributed by atoms with Crippen LogP contribution in [0.4, 0.5) is 0 Å². The Morgan fingerprint density at radius 2 is 1.67 bits per heavy atom. The van der Waals surface area contributed by atoms with Crippen molar-refractivity contribution in [3.8, 4) is 0 Å². The van der Waals surface area contributed by atoms with Crippen LogP contribution in [0.25, 0.3) is 0 Å². The monoisotopic (exact) mass is 398 g/mol. The van der Waals surface area contributed by atoms with Crippen LogP contribution < -0.4 is 0 Å². The maximum absolute atomic E-state index is 5.29. The quantitative estimate of drug-likeness (QED) is 0.483. The van der Waals surface area contributed by atoms with Gasteiger partial charge < -0.3 is 0 Å². The van der Waals surface area contributed by atoms with Crippen molar-refractivity contribution in [1.29, 1.82) is 0 Å². The molecule has 0 amide bonds. The van der Waals surface area contributed by atoms with E-state index in [1.807, 2.05) is 0 Å². The summed E-state index contributed by atoms with van der Waals surface area (Å²) in [6.45, 7) is 0. The van der Waals surface area contributed by atoms with Gasteiger partial charge in [-0.05, 0) is 0 Å². The normalized spacial score (nSPS) is 11.3. The summed E-state index contributed by atoms with van der Waals surface area (Å²) in [6, 6.07) is 0.939. The molecule has 3 nitrogen and oxygen atoms in total. The van der Waals surface area contributed by atoms with Crippen LogP contribution in [-0.4, -0.2) is 35.9 Å². The molecule has 0 aromatic carbocycles. The van der Waals surface area contributed by atoms with Crippen LogP contribution in [0.5, 0.6) is 0 Å². The van der Waals surface area contributed by atoms with Crippen molar-refractivity contribution in [3.05, 3.63) is 0 Å². The van der Waals surface area contributed by atoms with Crippen molar-refractivity contribution in [2.75, 3.05) is 27.1 Å². The Kier molecular flexibility index (Phi) is 8.65. The third-order valence-corrected chi connectivity index (χ3v) is 13.8. The van der Waals surface area contributed by atoms with Crippen LogP contribution in [0.3, 0.4) is 0 Å². The van der Waals surface area contributed by atoms with Crippen LogP contribution >= 0.6 is 8.24 Å². The van der Waals surface area contributed by atoms with Crippen molar-refractivity contribution < 1.29 is 36.3 Å². The van der Waals surface area contributed by atoms with Gasteiger partial charge in [0.05, 0.1) is 0 Å². The van der Waals surface area contributed by atoms with Gasteiger partial charge in [0.15, 0.2) is 0 Å². The maximum atomic E-state index is 5.29. The molecule has 0 aliphatic heterocycles. The van der Waals surface area contributed by atoms with Gasteiger partial charge in [-0.1, -0.05) is 0 Å². The van der Waals surface area contributed by atoms with Crippen molar-refractivity contribution in [1.82, 2.24) is 0 Å². The first-order chi connectivity index (χ1) is 5.74. The van der Waals surface area contributed by atoms with E-state index in [-0.39, 0.29) is 0 Å². The third kappa shape index (κ3) is 4.57. The van der Waals surface area contributed by atoms with Crippen LogP contribution in [0.2, 0.25) is 10.5 Å². The van der Waals surface area contributed by atoms with Gasteiger partial charge in [-0.15, -0.1) is 0 Å². The number of hydrogen-bond acceptors (Lipinski definition) is 4. The molecular formula is C6H16HgO3SSi. The summed E-state index contributed by atoms with van der Waals surface area (Å²) in [6.07, 6.45) is 0. The van der Waals surface area contributed by atoms with Gasteiger partial charge >= 0.3 is 90.9 Å². The van der Waals surface area contributed by atoms with Crippen molar-refractivity contribution in [2.24, 2.45) is 0 Å². The zero-order valence-electron chi connectivity index (χ0n) is 8.25. The molecule has 0 saturated heterocycles. The Labute approximate surface area is 90.5 Å². The van der Waals surface area contributed by atoms with Gasteiger partial charge in [0, 0.05) is 0 Å². The average molecular weight is 397 g/mol. The second-order valence-corrected chi connectivity index (χ2v) is 18.2. The molecule has 70 valence electrons. The molecule has 0 fully saturated rings. The molecule has 0 rings (SSSR count). The molecule has 0 aliphatic carbocycles. The molecule has 12 heavy (non-hydrogen) atoms. The Morgan fingerprint density at radius 3 is 2.00 bits per heavy atom. The fourth-order valence-electron chi connectivity index (χ4n) is 0.898. The average Bonchev–Trinajstić information content (AvgIpc) is 2.14. The first-order valence-corrected chi connectivity index (χ1v) is 19.3. The van der Waals surface area contributed by atoms with Crippen LogP contribution in [0, 0.1) is 0 Å². The summed E-state index contributed by atoms with van der Waals surface area (Å²) in [7, 11) is 4.86. The van der Waals surface area contributed by atoms with E-state index in [2.05, 4.69) is 12.7 Å². The zero-order valence-corrected chi connectivity index (χ0v) is 15.6. The van der Waals surface area contributed by atoms with E-state index in [0.29, 0.717) is 0 Å². The summed E-state index contributed by atoms with van der Waals surface area (Å²) in [4.78, 5) is 0. The van der Waals surface area contributed by atoms with E-state index in [1.165, 1.54) is 0 Å². The summed E-state index contributed by atoms with van der Waals surface area (Å²) in [5, 5.41) is 0. The van der Waals surface area contributed by atoms with Gasteiger partial charge in [0.2, 0.25) is 0 Å². The predicted molar refractivity (Wildman–Crippen MR) is 49.9 cm³/mol. The molecule has 0 aromatic heterocycles. The van der Waals surface area contributed by atoms with Crippen LogP contribution in [0.15, 0.2) is 0 Å². The van der Waals surface area contributed by atoms with Gasteiger partial charge in [-0.25, -0.2) is 0 Å². The second-order valence-electron chi connectivity index (χ2n) is 2.24. The molecule has 0 heterocycles. The summed E-state index contributed by atoms with van der Waals surface area (Å²) < 4.78 is 18.2. The van der Waals surface area contributed by atoms with Crippen LogP contribution in [0.1, 0.15) is 0 Å². The first-order valence-electron chi connectivity index (χ1n) is 3.98. The molecule has 0 atom stereocenters. The Bertz CT molecular complexity index is 105. The Morgan fingerprint density at radius 1 is 1.17 bits per heavy atom. The van der Waals surface area contributed by atoms with E-state index in [4.69, 9.17) is 13.3 Å². The van der Waals surface area contributed by atoms with Crippen molar-refractivity contribution in [3.63, 3.8) is 0 Å². The van der Waals surface area contributed by atoms with E-state index in [9.17, 15) is 0 Å². The van der Waals surface area contributed by atoms with Gasteiger partial charge in [-0.3, -0.25) is 0 Å². The predicted octanol–water partition coefficient (Wildman–Crippen LogP) is 1.64. The zero-order chi connectivity index (χ0) is 9.45. The Hall–Kier alpha value is 1.38. The minimum absolute atomic E-state index is 0.525. The van der Waals surface area contributed by atoms with E-state index in [0.717, 1.165) is 11.8 Å². The van der Waals surface area contributed by atoms with E-state index < -0.39 is 31.9 Å². The van der Waals surface area contributed by atoms with Gasteiger partial charge in [-0.2, -0.15) is 0 Å². The van der Waals surface area contributed by atoms with E-state index in [1.54, 1.807) is 21.3 Å². The van der Waals surface area contributed by atoms with Gasteiger partial charge in [0.25, 0.3) is 0 Å². The SMILES string of the molecule is CO[Si](CC[S][Hg][CH3])(OC)OC. The molecule has 0 radical (unpaired) electrons. The molecule has 6 heteroatoms. The van der Waals surface area contributed by atoms with E-state index >= 15 is 0 Å². The van der Waals surface area contributed by atoms with Crippen molar-refractivity contribution in [2.45, 2.75) is 10.5 Å². The molecule has 0 N–H and O–H groups in total. The number of rotatable bonds is 7. The fraction of sp³-hybridized carbons (Fsp3) is 1.00. The fourth-order valence-corrected chi connectivity index (χ4v) is 12.3. The summed E-state index contributed by atoms with van der Waals surface area (Å²) >= 11 is -0.525. The Balaban J connectivity index is 3.76. The third-order valence-electron chi connectivity index (χ3n) is 1.69. The first kappa shape index (κ1) is 13.4.